The van der Waals surface area contributed by atoms with E-state index in [1.807, 2.05) is 12.1 Å². The average molecular weight is 275 g/mol. The summed E-state index contributed by atoms with van der Waals surface area (Å²) in [6.45, 7) is 2.15. The van der Waals surface area contributed by atoms with E-state index in [1.165, 1.54) is 11.6 Å². The summed E-state index contributed by atoms with van der Waals surface area (Å²) in [6, 6.07) is 13.0. The molecule has 0 aliphatic carbocycles. The molecule has 2 nitrogen and oxygen atoms in total. The van der Waals surface area contributed by atoms with Crippen LogP contribution in [0, 0.1) is 0 Å². The van der Waals surface area contributed by atoms with Crippen LogP contribution in [0.1, 0.15) is 29.3 Å². The molecule has 1 N–H and O–H groups in total. The van der Waals surface area contributed by atoms with Crippen LogP contribution >= 0.6 is 11.6 Å². The molecule has 2 rings (SSSR count). The van der Waals surface area contributed by atoms with Crippen LogP contribution in [0.4, 0.5) is 0 Å². The lowest BCUT2D eigenvalue weighted by atomic mass is 10.0. The number of carboxylic acids is 1. The number of halogens is 1. The van der Waals surface area contributed by atoms with Gasteiger partial charge in [0.05, 0.1) is 5.56 Å². The van der Waals surface area contributed by atoms with Crippen LogP contribution in [-0.2, 0) is 6.42 Å². The van der Waals surface area contributed by atoms with Gasteiger partial charge in [-0.25, -0.2) is 4.79 Å². The summed E-state index contributed by atoms with van der Waals surface area (Å²) in [7, 11) is 0. The van der Waals surface area contributed by atoms with Crippen molar-refractivity contribution in [2.24, 2.45) is 0 Å². The van der Waals surface area contributed by atoms with Gasteiger partial charge in [-0.3, -0.25) is 0 Å². The fourth-order valence-electron chi connectivity index (χ4n) is 2.02. The molecule has 0 heterocycles. The van der Waals surface area contributed by atoms with E-state index in [-0.39, 0.29) is 5.56 Å². The topological polar surface area (TPSA) is 37.3 Å². The molecule has 0 bridgehead atoms. The Hall–Kier alpha value is -1.80. The normalized spacial score (nSPS) is 10.4. The average Bonchev–Trinajstić information content (AvgIpc) is 2.40. The van der Waals surface area contributed by atoms with Crippen LogP contribution in [0.3, 0.4) is 0 Å². The highest BCUT2D eigenvalue weighted by molar-refractivity contribution is 6.33. The summed E-state index contributed by atoms with van der Waals surface area (Å²) in [5.41, 5.74) is 3.36. The van der Waals surface area contributed by atoms with Gasteiger partial charge in [0.15, 0.2) is 0 Å². The van der Waals surface area contributed by atoms with Crippen LogP contribution in [0.15, 0.2) is 42.5 Å². The summed E-state index contributed by atoms with van der Waals surface area (Å²) < 4.78 is 0. The van der Waals surface area contributed by atoms with Crippen molar-refractivity contribution < 1.29 is 9.90 Å². The summed E-state index contributed by atoms with van der Waals surface area (Å²) in [4.78, 5) is 10.9. The molecule has 0 aliphatic rings. The molecule has 0 aromatic heterocycles. The molecule has 0 saturated carbocycles. The number of aryl methyl sites for hydroxylation is 1. The summed E-state index contributed by atoms with van der Waals surface area (Å²) >= 11 is 6.15. The van der Waals surface area contributed by atoms with Gasteiger partial charge in [-0.2, -0.15) is 0 Å². The van der Waals surface area contributed by atoms with Crippen molar-refractivity contribution in [2.75, 3.05) is 0 Å². The highest BCUT2D eigenvalue weighted by Crippen LogP contribution is 2.29. The minimum atomic E-state index is -0.966. The van der Waals surface area contributed by atoms with Crippen LogP contribution in [0.25, 0.3) is 11.1 Å². The molecule has 0 fully saturated rings. The van der Waals surface area contributed by atoms with Crippen molar-refractivity contribution >= 4 is 17.6 Å². The van der Waals surface area contributed by atoms with Gasteiger partial charge in [-0.15, -0.1) is 0 Å². The maximum atomic E-state index is 10.9. The van der Waals surface area contributed by atoms with Crippen molar-refractivity contribution in [3.8, 4) is 11.1 Å². The zero-order valence-electron chi connectivity index (χ0n) is 10.7. The maximum Gasteiger partial charge on any atom is 0.335 e. The number of carbonyl (C=O) groups is 1. The first kappa shape index (κ1) is 13.6. The molecule has 98 valence electrons. The van der Waals surface area contributed by atoms with Crippen LogP contribution < -0.4 is 0 Å². The largest absolute Gasteiger partial charge is 0.478 e. The van der Waals surface area contributed by atoms with E-state index in [0.717, 1.165) is 24.0 Å². The molecule has 0 spiro atoms. The number of benzene rings is 2. The van der Waals surface area contributed by atoms with E-state index in [0.29, 0.717) is 5.02 Å². The second kappa shape index (κ2) is 5.89. The number of hydrogen-bond donors (Lipinski definition) is 1. The first-order chi connectivity index (χ1) is 9.11. The Labute approximate surface area is 117 Å². The molecule has 0 amide bonds. The molecule has 0 aliphatic heterocycles. The predicted octanol–water partition coefficient (Wildman–Crippen LogP) is 4.66. The Morgan fingerprint density at radius 3 is 2.37 bits per heavy atom. The van der Waals surface area contributed by atoms with Crippen molar-refractivity contribution in [3.05, 3.63) is 58.6 Å². The van der Waals surface area contributed by atoms with Gasteiger partial charge in [0, 0.05) is 10.6 Å². The second-order valence-electron chi connectivity index (χ2n) is 4.45. The molecule has 0 radical (unpaired) electrons. The fraction of sp³-hybridized carbons (Fsp3) is 0.188. The Morgan fingerprint density at radius 2 is 1.84 bits per heavy atom. The van der Waals surface area contributed by atoms with Gasteiger partial charge in [0.25, 0.3) is 0 Å². The summed E-state index contributed by atoms with van der Waals surface area (Å²) in [5, 5.41) is 9.37. The highest BCUT2D eigenvalue weighted by atomic mass is 35.5. The van der Waals surface area contributed by atoms with E-state index < -0.39 is 5.97 Å². The first-order valence-electron chi connectivity index (χ1n) is 6.24. The molecular formula is C16H15ClO2. The minimum absolute atomic E-state index is 0.205. The molecule has 2 aromatic rings. The van der Waals surface area contributed by atoms with Gasteiger partial charge >= 0.3 is 5.97 Å². The lowest BCUT2D eigenvalue weighted by Crippen LogP contribution is -1.96. The lowest BCUT2D eigenvalue weighted by molar-refractivity contribution is 0.0697. The van der Waals surface area contributed by atoms with Gasteiger partial charge in [0.2, 0.25) is 0 Å². The third kappa shape index (κ3) is 3.15. The number of carboxylic acid groups (broad SMARTS) is 1. The van der Waals surface area contributed by atoms with Gasteiger partial charge in [-0.1, -0.05) is 55.3 Å². The minimum Gasteiger partial charge on any atom is -0.478 e. The fourth-order valence-corrected chi connectivity index (χ4v) is 2.31. The Kier molecular flexibility index (Phi) is 4.23. The summed E-state index contributed by atoms with van der Waals surface area (Å²) in [6.07, 6.45) is 2.18. The van der Waals surface area contributed by atoms with E-state index in [9.17, 15) is 4.79 Å². The Balaban J connectivity index is 2.33. The first-order valence-corrected chi connectivity index (χ1v) is 6.61. The lowest BCUT2D eigenvalue weighted by Gasteiger charge is -2.07. The van der Waals surface area contributed by atoms with Crippen molar-refractivity contribution in [2.45, 2.75) is 19.8 Å². The van der Waals surface area contributed by atoms with Crippen molar-refractivity contribution in [1.29, 1.82) is 0 Å². The number of rotatable bonds is 4. The SMILES string of the molecule is CCCc1ccc(-c2ccc(C(=O)O)cc2Cl)cc1. The molecule has 19 heavy (non-hydrogen) atoms. The smallest absolute Gasteiger partial charge is 0.335 e. The third-order valence-electron chi connectivity index (χ3n) is 3.02. The molecular weight excluding hydrogens is 260 g/mol. The molecule has 0 saturated heterocycles. The van der Waals surface area contributed by atoms with Gasteiger partial charge in [0.1, 0.15) is 0 Å². The highest BCUT2D eigenvalue weighted by Gasteiger charge is 2.08. The molecule has 2 aromatic carbocycles. The quantitative estimate of drug-likeness (QED) is 0.880. The monoisotopic (exact) mass is 274 g/mol. The van der Waals surface area contributed by atoms with Crippen LogP contribution in [0.2, 0.25) is 5.02 Å². The molecule has 3 heteroatoms. The summed E-state index contributed by atoms with van der Waals surface area (Å²) in [5.74, 6) is -0.966. The molecule has 0 atom stereocenters. The zero-order chi connectivity index (χ0) is 13.8. The standard InChI is InChI=1S/C16H15ClO2/c1-2-3-11-4-6-12(7-5-11)14-9-8-13(16(18)19)10-15(14)17/h4-10H,2-3H2,1H3,(H,18,19). The number of aromatic carboxylic acids is 1. The third-order valence-corrected chi connectivity index (χ3v) is 3.33. The van der Waals surface area contributed by atoms with Crippen molar-refractivity contribution in [1.82, 2.24) is 0 Å². The van der Waals surface area contributed by atoms with Crippen LogP contribution in [-0.4, -0.2) is 11.1 Å². The van der Waals surface area contributed by atoms with Gasteiger partial charge < -0.3 is 5.11 Å². The van der Waals surface area contributed by atoms with E-state index in [1.54, 1.807) is 12.1 Å². The Bertz CT molecular complexity index is 588. The maximum absolute atomic E-state index is 10.9. The predicted molar refractivity (Wildman–Crippen MR) is 77.8 cm³/mol. The van der Waals surface area contributed by atoms with E-state index >= 15 is 0 Å². The van der Waals surface area contributed by atoms with Crippen LogP contribution in [0.5, 0.6) is 0 Å². The van der Waals surface area contributed by atoms with Crippen molar-refractivity contribution in [3.63, 3.8) is 0 Å². The molecule has 0 unspecified atom stereocenters. The number of hydrogen-bond acceptors (Lipinski definition) is 1. The van der Waals surface area contributed by atoms with E-state index in [4.69, 9.17) is 16.7 Å². The second-order valence-corrected chi connectivity index (χ2v) is 4.85. The Morgan fingerprint density at radius 1 is 1.16 bits per heavy atom. The van der Waals surface area contributed by atoms with E-state index in [2.05, 4.69) is 19.1 Å². The van der Waals surface area contributed by atoms with Gasteiger partial charge in [-0.05, 0) is 29.7 Å². The zero-order valence-corrected chi connectivity index (χ0v) is 11.4.